The molecule has 2 rings (SSSR count). The maximum atomic E-state index is 5.92. The zero-order chi connectivity index (χ0) is 8.39. The Morgan fingerprint density at radius 1 is 1.42 bits per heavy atom. The molecule has 1 aliphatic rings. The Morgan fingerprint density at radius 3 is 2.75 bits per heavy atom. The van der Waals surface area contributed by atoms with E-state index in [1.54, 1.807) is 6.20 Å². The third-order valence-corrected chi connectivity index (χ3v) is 2.28. The first kappa shape index (κ1) is 7.89. The number of halogens is 1. The Labute approximate surface area is 75.9 Å². The fourth-order valence-corrected chi connectivity index (χ4v) is 1.59. The molecule has 0 radical (unpaired) electrons. The van der Waals surface area contributed by atoms with Crippen LogP contribution in [-0.2, 0) is 0 Å². The summed E-state index contributed by atoms with van der Waals surface area (Å²) in [6.45, 7) is 3.99. The molecule has 0 bridgehead atoms. The van der Waals surface area contributed by atoms with Gasteiger partial charge in [0, 0.05) is 26.2 Å². The van der Waals surface area contributed by atoms with Crippen molar-refractivity contribution in [1.82, 2.24) is 15.5 Å². The highest BCUT2D eigenvalue weighted by molar-refractivity contribution is 6.32. The predicted molar refractivity (Wildman–Crippen MR) is 48.7 cm³/mol. The van der Waals surface area contributed by atoms with Crippen molar-refractivity contribution in [3.63, 3.8) is 0 Å². The predicted octanol–water partition coefficient (Wildman–Crippen LogP) is 0.473. The molecule has 1 aliphatic heterocycles. The van der Waals surface area contributed by atoms with Gasteiger partial charge in [0.1, 0.15) is 10.8 Å². The van der Waals surface area contributed by atoms with Crippen LogP contribution in [0.25, 0.3) is 0 Å². The van der Waals surface area contributed by atoms with Gasteiger partial charge in [0.15, 0.2) is 0 Å². The molecule has 0 amide bonds. The number of rotatable bonds is 1. The maximum absolute atomic E-state index is 5.92. The normalized spacial score (nSPS) is 18.2. The SMILES string of the molecule is Clc1cn[nH]c1N1CCNCC1. The maximum Gasteiger partial charge on any atom is 0.143 e. The standard InChI is InChI=1S/C7H11ClN4/c8-6-5-10-11-7(6)12-3-1-9-2-4-12/h5,9H,1-4H2,(H,10,11). The summed E-state index contributed by atoms with van der Waals surface area (Å²) in [4.78, 5) is 2.20. The zero-order valence-electron chi connectivity index (χ0n) is 6.68. The van der Waals surface area contributed by atoms with Gasteiger partial charge < -0.3 is 10.2 Å². The highest BCUT2D eigenvalue weighted by Crippen LogP contribution is 2.21. The van der Waals surface area contributed by atoms with Crippen LogP contribution in [0.15, 0.2) is 6.20 Å². The number of H-pyrrole nitrogens is 1. The van der Waals surface area contributed by atoms with E-state index in [2.05, 4.69) is 20.4 Å². The van der Waals surface area contributed by atoms with Gasteiger partial charge in [-0.1, -0.05) is 11.6 Å². The van der Waals surface area contributed by atoms with Crippen LogP contribution in [0.3, 0.4) is 0 Å². The molecule has 4 nitrogen and oxygen atoms in total. The third-order valence-electron chi connectivity index (χ3n) is 2.01. The first-order valence-electron chi connectivity index (χ1n) is 4.02. The molecular weight excluding hydrogens is 176 g/mol. The quantitative estimate of drug-likeness (QED) is 0.671. The van der Waals surface area contributed by atoms with E-state index in [0.29, 0.717) is 5.02 Å². The lowest BCUT2D eigenvalue weighted by molar-refractivity contribution is 0.584. The van der Waals surface area contributed by atoms with Gasteiger partial charge in [-0.15, -0.1) is 0 Å². The van der Waals surface area contributed by atoms with Crippen LogP contribution in [0.5, 0.6) is 0 Å². The Hall–Kier alpha value is -0.740. The molecule has 0 aromatic carbocycles. The molecule has 5 heteroatoms. The smallest absolute Gasteiger partial charge is 0.143 e. The summed E-state index contributed by atoms with van der Waals surface area (Å²) in [5.74, 6) is 0.943. The molecule has 0 spiro atoms. The molecule has 1 fully saturated rings. The number of hydrogen-bond donors (Lipinski definition) is 2. The summed E-state index contributed by atoms with van der Waals surface area (Å²) in [6, 6.07) is 0. The molecule has 0 unspecified atom stereocenters. The van der Waals surface area contributed by atoms with Crippen molar-refractivity contribution in [2.24, 2.45) is 0 Å². The fraction of sp³-hybridized carbons (Fsp3) is 0.571. The van der Waals surface area contributed by atoms with Crippen molar-refractivity contribution in [3.05, 3.63) is 11.2 Å². The van der Waals surface area contributed by atoms with Gasteiger partial charge in [-0.2, -0.15) is 5.10 Å². The van der Waals surface area contributed by atoms with E-state index in [0.717, 1.165) is 32.0 Å². The summed E-state index contributed by atoms with van der Waals surface area (Å²) in [5, 5.41) is 10.8. The Morgan fingerprint density at radius 2 is 2.17 bits per heavy atom. The summed E-state index contributed by atoms with van der Waals surface area (Å²) in [7, 11) is 0. The van der Waals surface area contributed by atoms with Crippen LogP contribution < -0.4 is 10.2 Å². The largest absolute Gasteiger partial charge is 0.353 e. The van der Waals surface area contributed by atoms with Gasteiger partial charge in [0.05, 0.1) is 6.20 Å². The van der Waals surface area contributed by atoms with Gasteiger partial charge in [-0.25, -0.2) is 0 Å². The second kappa shape index (κ2) is 3.33. The summed E-state index contributed by atoms with van der Waals surface area (Å²) < 4.78 is 0. The molecule has 2 heterocycles. The lowest BCUT2D eigenvalue weighted by atomic mass is 10.3. The summed E-state index contributed by atoms with van der Waals surface area (Å²) in [5.41, 5.74) is 0. The van der Waals surface area contributed by atoms with Gasteiger partial charge in [0.2, 0.25) is 0 Å². The number of aromatic nitrogens is 2. The van der Waals surface area contributed by atoms with Gasteiger partial charge in [-0.3, -0.25) is 5.10 Å². The average molecular weight is 187 g/mol. The highest BCUT2D eigenvalue weighted by Gasteiger charge is 2.14. The minimum absolute atomic E-state index is 0.705. The zero-order valence-corrected chi connectivity index (χ0v) is 7.43. The van der Waals surface area contributed by atoms with Gasteiger partial charge in [0.25, 0.3) is 0 Å². The Kier molecular flexibility index (Phi) is 2.19. The fourth-order valence-electron chi connectivity index (χ4n) is 1.37. The third kappa shape index (κ3) is 1.40. The molecule has 1 aromatic rings. The number of hydrogen-bond acceptors (Lipinski definition) is 3. The van der Waals surface area contributed by atoms with Crippen LogP contribution in [0.4, 0.5) is 5.82 Å². The second-order valence-electron chi connectivity index (χ2n) is 2.80. The second-order valence-corrected chi connectivity index (χ2v) is 3.21. The highest BCUT2D eigenvalue weighted by atomic mass is 35.5. The van der Waals surface area contributed by atoms with E-state index in [9.17, 15) is 0 Å². The molecule has 1 aromatic heterocycles. The van der Waals surface area contributed by atoms with Crippen molar-refractivity contribution in [2.45, 2.75) is 0 Å². The molecule has 2 N–H and O–H groups in total. The lowest BCUT2D eigenvalue weighted by Crippen LogP contribution is -2.43. The Bertz CT molecular complexity index is 254. The summed E-state index contributed by atoms with van der Waals surface area (Å²) >= 11 is 5.92. The van der Waals surface area contributed by atoms with Crippen molar-refractivity contribution >= 4 is 17.4 Å². The lowest BCUT2D eigenvalue weighted by Gasteiger charge is -2.27. The van der Waals surface area contributed by atoms with Gasteiger partial charge in [-0.05, 0) is 0 Å². The molecule has 1 saturated heterocycles. The van der Waals surface area contributed by atoms with Crippen LogP contribution in [0.1, 0.15) is 0 Å². The number of piperazine rings is 1. The first-order valence-corrected chi connectivity index (χ1v) is 4.40. The average Bonchev–Trinajstić information content (AvgIpc) is 2.53. The first-order chi connectivity index (χ1) is 5.88. The Balaban J connectivity index is 2.13. The molecule has 12 heavy (non-hydrogen) atoms. The monoisotopic (exact) mass is 186 g/mol. The van der Waals surface area contributed by atoms with Crippen molar-refractivity contribution in [3.8, 4) is 0 Å². The number of nitrogens with one attached hydrogen (secondary N) is 2. The van der Waals surface area contributed by atoms with E-state index in [1.807, 2.05) is 0 Å². The summed E-state index contributed by atoms with van der Waals surface area (Å²) in [6.07, 6.45) is 1.64. The van der Waals surface area contributed by atoms with Gasteiger partial charge >= 0.3 is 0 Å². The number of aromatic amines is 1. The molecule has 66 valence electrons. The minimum atomic E-state index is 0.705. The van der Waals surface area contributed by atoms with Crippen molar-refractivity contribution in [2.75, 3.05) is 31.1 Å². The molecule has 0 saturated carbocycles. The van der Waals surface area contributed by atoms with E-state index in [-0.39, 0.29) is 0 Å². The van der Waals surface area contributed by atoms with Crippen molar-refractivity contribution < 1.29 is 0 Å². The minimum Gasteiger partial charge on any atom is -0.353 e. The van der Waals surface area contributed by atoms with E-state index in [4.69, 9.17) is 11.6 Å². The molecule has 0 aliphatic carbocycles. The van der Waals surface area contributed by atoms with E-state index in [1.165, 1.54) is 0 Å². The number of nitrogens with zero attached hydrogens (tertiary/aromatic N) is 2. The topological polar surface area (TPSA) is 44.0 Å². The van der Waals surface area contributed by atoms with Crippen LogP contribution >= 0.6 is 11.6 Å². The number of anilines is 1. The van der Waals surface area contributed by atoms with Crippen LogP contribution in [0, 0.1) is 0 Å². The van der Waals surface area contributed by atoms with Crippen LogP contribution in [0.2, 0.25) is 5.02 Å². The molecule has 0 atom stereocenters. The van der Waals surface area contributed by atoms with Crippen molar-refractivity contribution in [1.29, 1.82) is 0 Å². The van der Waals surface area contributed by atoms with E-state index < -0.39 is 0 Å². The van der Waals surface area contributed by atoms with E-state index >= 15 is 0 Å². The van der Waals surface area contributed by atoms with Crippen LogP contribution in [-0.4, -0.2) is 36.4 Å². The molecular formula is C7H11ClN4.